The summed E-state index contributed by atoms with van der Waals surface area (Å²) in [7, 11) is 1.47. The number of nitrogens with zero attached hydrogens (tertiary/aromatic N) is 2. The lowest BCUT2D eigenvalue weighted by Gasteiger charge is -2.22. The van der Waals surface area contributed by atoms with Gasteiger partial charge in [-0.3, -0.25) is 4.79 Å². The Morgan fingerprint density at radius 3 is 2.60 bits per heavy atom. The Bertz CT molecular complexity index is 1330. The number of rotatable bonds is 10. The normalized spacial score (nSPS) is 12.9. The highest BCUT2D eigenvalue weighted by Gasteiger charge is 2.31. The summed E-state index contributed by atoms with van der Waals surface area (Å²) in [5, 5.41) is 20.3. The van der Waals surface area contributed by atoms with Gasteiger partial charge in [0, 0.05) is 23.7 Å². The highest BCUT2D eigenvalue weighted by atomic mass is 19.1. The second-order valence-corrected chi connectivity index (χ2v) is 8.38. The standard InChI is InChI=1S/C27H27FN2O5/c1-27(33,13-12-22(32)19-8-11-23(35-16-15-31)24(17-19)34-2)26-29-25(18-6-9-20(28)10-7-18)21-5-3-4-14-30(21)26/h3-11,14,17,31,33H,12-13,15-16H2,1-2H3. The van der Waals surface area contributed by atoms with E-state index in [4.69, 9.17) is 19.6 Å². The van der Waals surface area contributed by atoms with Gasteiger partial charge in [0.15, 0.2) is 17.3 Å². The number of halogens is 1. The third-order valence-electron chi connectivity index (χ3n) is 5.82. The van der Waals surface area contributed by atoms with Crippen molar-refractivity contribution < 1.29 is 28.9 Å². The molecule has 0 saturated heterocycles. The van der Waals surface area contributed by atoms with Crippen molar-refractivity contribution in [1.82, 2.24) is 9.38 Å². The predicted octanol–water partition coefficient (Wildman–Crippen LogP) is 4.39. The van der Waals surface area contributed by atoms with Crippen molar-refractivity contribution in [3.8, 4) is 22.8 Å². The molecule has 0 bridgehead atoms. The van der Waals surface area contributed by atoms with Gasteiger partial charge in [0.2, 0.25) is 0 Å². The SMILES string of the molecule is COc1cc(C(=O)CCC(C)(O)c2nc(-c3ccc(F)cc3)c3ccccn23)ccc1OCCO. The number of ketones is 1. The van der Waals surface area contributed by atoms with Crippen LogP contribution in [0.4, 0.5) is 4.39 Å². The fourth-order valence-electron chi connectivity index (χ4n) is 3.97. The van der Waals surface area contributed by atoms with Crippen LogP contribution in [0.2, 0.25) is 0 Å². The Kier molecular flexibility index (Phi) is 7.14. The van der Waals surface area contributed by atoms with Crippen molar-refractivity contribution >= 4 is 11.3 Å². The number of benzene rings is 2. The van der Waals surface area contributed by atoms with Crippen molar-refractivity contribution in [3.05, 3.63) is 84.1 Å². The lowest BCUT2D eigenvalue weighted by atomic mass is 9.95. The van der Waals surface area contributed by atoms with Gasteiger partial charge in [0.25, 0.3) is 0 Å². The van der Waals surface area contributed by atoms with Gasteiger partial charge in [-0.05, 0) is 67.9 Å². The van der Waals surface area contributed by atoms with Gasteiger partial charge in [0.1, 0.15) is 23.8 Å². The predicted molar refractivity (Wildman–Crippen MR) is 129 cm³/mol. The first-order chi connectivity index (χ1) is 16.8. The summed E-state index contributed by atoms with van der Waals surface area (Å²) >= 11 is 0. The Morgan fingerprint density at radius 1 is 1.11 bits per heavy atom. The number of fused-ring (bicyclic) bond motifs is 1. The molecule has 4 rings (SSSR count). The minimum atomic E-state index is -1.41. The number of aliphatic hydroxyl groups excluding tert-OH is 1. The first-order valence-corrected chi connectivity index (χ1v) is 11.2. The molecule has 0 amide bonds. The van der Waals surface area contributed by atoms with Crippen LogP contribution < -0.4 is 9.47 Å². The van der Waals surface area contributed by atoms with Gasteiger partial charge in [-0.15, -0.1) is 0 Å². The van der Waals surface area contributed by atoms with E-state index in [-0.39, 0.29) is 37.7 Å². The maximum Gasteiger partial charge on any atom is 0.163 e. The average Bonchev–Trinajstić information content (AvgIpc) is 3.27. The first-order valence-electron chi connectivity index (χ1n) is 11.2. The molecule has 0 aliphatic carbocycles. The van der Waals surface area contributed by atoms with Crippen molar-refractivity contribution in [2.75, 3.05) is 20.3 Å². The number of carbonyl (C=O) groups is 1. The number of pyridine rings is 1. The molecule has 35 heavy (non-hydrogen) atoms. The summed E-state index contributed by atoms with van der Waals surface area (Å²) in [6.07, 6.45) is 2.01. The van der Waals surface area contributed by atoms with Crippen LogP contribution >= 0.6 is 0 Å². The molecule has 0 fully saturated rings. The van der Waals surface area contributed by atoms with E-state index in [1.807, 2.05) is 18.2 Å². The summed E-state index contributed by atoms with van der Waals surface area (Å²) in [6, 6.07) is 16.4. The Morgan fingerprint density at radius 2 is 1.89 bits per heavy atom. The molecule has 4 aromatic rings. The summed E-state index contributed by atoms with van der Waals surface area (Å²) in [5.74, 6) is 0.705. The molecule has 0 aliphatic rings. The van der Waals surface area contributed by atoms with Gasteiger partial charge in [0.05, 0.1) is 24.9 Å². The van der Waals surface area contributed by atoms with E-state index in [0.29, 0.717) is 28.6 Å². The number of ether oxygens (including phenoxy) is 2. The zero-order valence-electron chi connectivity index (χ0n) is 19.6. The lowest BCUT2D eigenvalue weighted by Crippen LogP contribution is -2.25. The van der Waals surface area contributed by atoms with E-state index in [1.54, 1.807) is 47.9 Å². The fraction of sp³-hybridized carbons (Fsp3) is 0.259. The molecule has 0 aliphatic heterocycles. The van der Waals surface area contributed by atoms with Crippen LogP contribution in [0.3, 0.4) is 0 Å². The molecule has 2 heterocycles. The minimum Gasteiger partial charge on any atom is -0.493 e. The maximum absolute atomic E-state index is 13.4. The summed E-state index contributed by atoms with van der Waals surface area (Å²) < 4.78 is 25.9. The van der Waals surface area contributed by atoms with E-state index in [2.05, 4.69) is 0 Å². The largest absolute Gasteiger partial charge is 0.493 e. The molecule has 1 atom stereocenters. The number of aromatic nitrogens is 2. The van der Waals surface area contributed by atoms with Crippen molar-refractivity contribution in [2.45, 2.75) is 25.4 Å². The van der Waals surface area contributed by atoms with Crippen LogP contribution in [0, 0.1) is 5.82 Å². The summed E-state index contributed by atoms with van der Waals surface area (Å²) in [4.78, 5) is 17.6. The number of carbonyl (C=O) groups excluding carboxylic acids is 1. The second-order valence-electron chi connectivity index (χ2n) is 8.38. The highest BCUT2D eigenvalue weighted by molar-refractivity contribution is 5.96. The van der Waals surface area contributed by atoms with Crippen LogP contribution in [0.5, 0.6) is 11.5 Å². The number of hydrogen-bond acceptors (Lipinski definition) is 6. The smallest absolute Gasteiger partial charge is 0.163 e. The molecule has 182 valence electrons. The van der Waals surface area contributed by atoms with Gasteiger partial charge >= 0.3 is 0 Å². The number of methoxy groups -OCH3 is 1. The molecule has 2 aromatic carbocycles. The molecule has 2 aromatic heterocycles. The van der Waals surface area contributed by atoms with Crippen molar-refractivity contribution in [1.29, 1.82) is 0 Å². The third kappa shape index (κ3) is 5.18. The lowest BCUT2D eigenvalue weighted by molar-refractivity contribution is 0.0349. The molecule has 2 N–H and O–H groups in total. The first kappa shape index (κ1) is 24.4. The van der Waals surface area contributed by atoms with Crippen LogP contribution in [-0.4, -0.2) is 45.7 Å². The van der Waals surface area contributed by atoms with E-state index in [9.17, 15) is 14.3 Å². The molecule has 0 spiro atoms. The molecule has 0 radical (unpaired) electrons. The Hall–Kier alpha value is -3.75. The minimum absolute atomic E-state index is 0.0701. The van der Waals surface area contributed by atoms with Crippen molar-refractivity contribution in [2.24, 2.45) is 0 Å². The van der Waals surface area contributed by atoms with Crippen molar-refractivity contribution in [3.63, 3.8) is 0 Å². The van der Waals surface area contributed by atoms with E-state index in [1.165, 1.54) is 19.2 Å². The van der Waals surface area contributed by atoms with Crippen LogP contribution in [-0.2, 0) is 5.60 Å². The average molecular weight is 479 g/mol. The topological polar surface area (TPSA) is 93.3 Å². The number of Topliss-reactive ketones (excluding diaryl/α,β-unsaturated/α-hetero) is 1. The molecule has 7 nitrogen and oxygen atoms in total. The third-order valence-corrected chi connectivity index (χ3v) is 5.82. The fourth-order valence-corrected chi connectivity index (χ4v) is 3.97. The van der Waals surface area contributed by atoms with Gasteiger partial charge in [-0.2, -0.15) is 0 Å². The van der Waals surface area contributed by atoms with E-state index >= 15 is 0 Å². The van der Waals surface area contributed by atoms with E-state index in [0.717, 1.165) is 11.1 Å². The van der Waals surface area contributed by atoms with Gasteiger partial charge in [-0.1, -0.05) is 6.07 Å². The van der Waals surface area contributed by atoms with Crippen LogP contribution in [0.15, 0.2) is 66.9 Å². The summed E-state index contributed by atoms with van der Waals surface area (Å²) in [5.41, 5.74) is 1.13. The zero-order valence-corrected chi connectivity index (χ0v) is 19.6. The van der Waals surface area contributed by atoms with Crippen LogP contribution in [0.25, 0.3) is 16.8 Å². The molecular formula is C27H27FN2O5. The molecule has 8 heteroatoms. The number of imidazole rings is 1. The van der Waals surface area contributed by atoms with E-state index < -0.39 is 5.60 Å². The number of hydrogen-bond donors (Lipinski definition) is 2. The Labute approximate surface area is 202 Å². The zero-order chi connectivity index (χ0) is 25.0. The van der Waals surface area contributed by atoms with Crippen LogP contribution in [0.1, 0.15) is 35.9 Å². The molecular weight excluding hydrogens is 451 g/mol. The summed E-state index contributed by atoms with van der Waals surface area (Å²) in [6.45, 7) is 1.61. The highest BCUT2D eigenvalue weighted by Crippen LogP contribution is 2.33. The van der Waals surface area contributed by atoms with Gasteiger partial charge in [-0.25, -0.2) is 9.37 Å². The Balaban J connectivity index is 1.57. The molecule has 0 saturated carbocycles. The monoisotopic (exact) mass is 478 g/mol. The maximum atomic E-state index is 13.4. The number of aliphatic hydroxyl groups is 2. The quantitative estimate of drug-likeness (QED) is 0.329. The molecule has 1 unspecified atom stereocenters. The second kappa shape index (κ2) is 10.2. The van der Waals surface area contributed by atoms with Gasteiger partial charge < -0.3 is 24.1 Å².